The fourth-order valence-electron chi connectivity index (χ4n) is 3.12. The highest BCUT2D eigenvalue weighted by Crippen LogP contribution is 2.30. The van der Waals surface area contributed by atoms with Gasteiger partial charge in [0.1, 0.15) is 24.1 Å². The van der Waals surface area contributed by atoms with Crippen molar-refractivity contribution in [3.63, 3.8) is 0 Å². The molecule has 6 heteroatoms. The van der Waals surface area contributed by atoms with Crippen molar-refractivity contribution in [2.24, 2.45) is 0 Å². The van der Waals surface area contributed by atoms with E-state index in [4.69, 9.17) is 9.47 Å². The number of nitrogens with one attached hydrogen (secondary N) is 1. The molecule has 0 unspecified atom stereocenters. The number of halogens is 1. The number of amides is 1. The van der Waals surface area contributed by atoms with Gasteiger partial charge in [-0.1, -0.05) is 49.4 Å². The number of hydrogen-bond acceptors (Lipinski definition) is 4. The highest BCUT2D eigenvalue weighted by molar-refractivity contribution is 6.10. The van der Waals surface area contributed by atoms with Gasteiger partial charge in [0.05, 0.1) is 7.11 Å². The third-order valence-corrected chi connectivity index (χ3v) is 4.85. The maximum Gasteiger partial charge on any atom is 0.266 e. The number of nitrogens with zero attached hydrogens (tertiary/aromatic N) is 1. The van der Waals surface area contributed by atoms with E-state index in [1.54, 1.807) is 42.5 Å². The summed E-state index contributed by atoms with van der Waals surface area (Å²) in [5, 5.41) is 12.3. The summed E-state index contributed by atoms with van der Waals surface area (Å²) in [6.45, 7) is 2.04. The van der Waals surface area contributed by atoms with Crippen LogP contribution < -0.4 is 14.8 Å². The maximum absolute atomic E-state index is 13.8. The van der Waals surface area contributed by atoms with Gasteiger partial charge in [0.15, 0.2) is 11.5 Å². The topological polar surface area (TPSA) is 71.4 Å². The number of para-hydroxylation sites is 1. The normalized spacial score (nSPS) is 10.9. The quantitative estimate of drug-likeness (QED) is 0.377. The lowest BCUT2D eigenvalue weighted by molar-refractivity contribution is -0.112. The average Bonchev–Trinajstić information content (AvgIpc) is 2.82. The van der Waals surface area contributed by atoms with E-state index in [-0.39, 0.29) is 18.0 Å². The Kier molecular flexibility index (Phi) is 7.60. The minimum absolute atomic E-state index is 0.0426. The number of benzene rings is 3. The molecular formula is C26H23FN2O3. The third-order valence-electron chi connectivity index (χ3n) is 4.85. The Labute approximate surface area is 186 Å². The van der Waals surface area contributed by atoms with Crippen molar-refractivity contribution >= 4 is 17.7 Å². The number of methoxy groups -OCH3 is 1. The molecule has 5 nitrogen and oxygen atoms in total. The molecule has 162 valence electrons. The van der Waals surface area contributed by atoms with Gasteiger partial charge < -0.3 is 14.8 Å². The first-order chi connectivity index (χ1) is 15.5. The van der Waals surface area contributed by atoms with Crippen LogP contribution >= 0.6 is 0 Å². The van der Waals surface area contributed by atoms with E-state index < -0.39 is 5.91 Å². The van der Waals surface area contributed by atoms with Crippen LogP contribution in [0.15, 0.2) is 72.3 Å². The van der Waals surface area contributed by atoms with E-state index in [0.717, 1.165) is 12.0 Å². The molecule has 3 rings (SSSR count). The molecule has 0 saturated carbocycles. The summed E-state index contributed by atoms with van der Waals surface area (Å²) >= 11 is 0. The van der Waals surface area contributed by atoms with E-state index in [0.29, 0.717) is 28.3 Å². The van der Waals surface area contributed by atoms with E-state index >= 15 is 0 Å². The smallest absolute Gasteiger partial charge is 0.266 e. The van der Waals surface area contributed by atoms with Crippen LogP contribution in [0.5, 0.6) is 11.5 Å². The van der Waals surface area contributed by atoms with Crippen molar-refractivity contribution in [3.8, 4) is 17.6 Å². The third kappa shape index (κ3) is 5.52. The molecule has 3 aromatic rings. The van der Waals surface area contributed by atoms with E-state index in [1.165, 1.54) is 19.3 Å². The summed E-state index contributed by atoms with van der Waals surface area (Å²) in [6.07, 6.45) is 2.24. The molecule has 0 aliphatic heterocycles. The Hall–Kier alpha value is -4.11. The summed E-state index contributed by atoms with van der Waals surface area (Å²) in [4.78, 5) is 12.6. The van der Waals surface area contributed by atoms with Gasteiger partial charge in [0.25, 0.3) is 5.91 Å². The zero-order chi connectivity index (χ0) is 22.9. The molecule has 1 N–H and O–H groups in total. The molecule has 0 aliphatic rings. The minimum Gasteiger partial charge on any atom is -0.493 e. The predicted octanol–water partition coefficient (Wildman–Crippen LogP) is 5.52. The Morgan fingerprint density at radius 2 is 1.78 bits per heavy atom. The van der Waals surface area contributed by atoms with E-state index in [1.807, 2.05) is 31.2 Å². The van der Waals surface area contributed by atoms with Crippen LogP contribution in [0.4, 0.5) is 10.1 Å². The second kappa shape index (κ2) is 10.8. The minimum atomic E-state index is -0.493. The van der Waals surface area contributed by atoms with Gasteiger partial charge in [-0.3, -0.25) is 4.79 Å². The van der Waals surface area contributed by atoms with Crippen LogP contribution in [0, 0.1) is 17.1 Å². The number of hydrogen-bond donors (Lipinski definition) is 1. The molecule has 0 spiro atoms. The van der Waals surface area contributed by atoms with Gasteiger partial charge in [-0.2, -0.15) is 5.26 Å². The second-order valence-electron chi connectivity index (χ2n) is 6.93. The largest absolute Gasteiger partial charge is 0.493 e. The average molecular weight is 430 g/mol. The Bertz CT molecular complexity index is 1180. The summed E-state index contributed by atoms with van der Waals surface area (Å²) in [5.41, 5.74) is 2.63. The number of anilines is 1. The van der Waals surface area contributed by atoms with Gasteiger partial charge in [-0.15, -0.1) is 0 Å². The van der Waals surface area contributed by atoms with Crippen molar-refractivity contribution in [1.29, 1.82) is 5.26 Å². The monoisotopic (exact) mass is 430 g/mol. The Morgan fingerprint density at radius 3 is 2.47 bits per heavy atom. The SMILES string of the molecule is CCc1ccccc1NC(=O)/C(C#N)=C/c1ccc(OCc2ccccc2F)c(OC)c1. The fraction of sp³-hybridized carbons (Fsp3) is 0.154. The zero-order valence-corrected chi connectivity index (χ0v) is 17.9. The first kappa shape index (κ1) is 22.6. The highest BCUT2D eigenvalue weighted by atomic mass is 19.1. The Morgan fingerprint density at radius 1 is 1.06 bits per heavy atom. The molecule has 0 aromatic heterocycles. The van der Waals surface area contributed by atoms with Gasteiger partial charge >= 0.3 is 0 Å². The van der Waals surface area contributed by atoms with Crippen molar-refractivity contribution < 1.29 is 18.7 Å². The van der Waals surface area contributed by atoms with E-state index in [2.05, 4.69) is 5.32 Å². The predicted molar refractivity (Wildman–Crippen MR) is 122 cm³/mol. The highest BCUT2D eigenvalue weighted by Gasteiger charge is 2.13. The molecule has 1 amide bonds. The maximum atomic E-state index is 13.8. The van der Waals surface area contributed by atoms with Gasteiger partial charge in [-0.25, -0.2) is 4.39 Å². The molecule has 0 saturated heterocycles. The number of carbonyl (C=O) groups is 1. The van der Waals surface area contributed by atoms with Crippen LogP contribution in [0.25, 0.3) is 6.08 Å². The molecular weight excluding hydrogens is 407 g/mol. The lowest BCUT2D eigenvalue weighted by Crippen LogP contribution is -2.14. The van der Waals surface area contributed by atoms with Crippen LogP contribution in [0.3, 0.4) is 0 Å². The zero-order valence-electron chi connectivity index (χ0n) is 17.9. The number of rotatable bonds is 8. The second-order valence-corrected chi connectivity index (χ2v) is 6.93. The fourth-order valence-corrected chi connectivity index (χ4v) is 3.12. The molecule has 0 fully saturated rings. The van der Waals surface area contributed by atoms with Crippen molar-refractivity contribution in [3.05, 3.63) is 94.8 Å². The lowest BCUT2D eigenvalue weighted by atomic mass is 10.1. The van der Waals surface area contributed by atoms with Crippen LogP contribution in [0.2, 0.25) is 0 Å². The molecule has 0 radical (unpaired) electrons. The first-order valence-corrected chi connectivity index (χ1v) is 10.1. The lowest BCUT2D eigenvalue weighted by Gasteiger charge is -2.12. The standard InChI is InChI=1S/C26H23FN2O3/c1-3-19-8-5-7-11-23(19)29-26(30)21(16-28)14-18-12-13-24(25(15-18)31-2)32-17-20-9-4-6-10-22(20)27/h4-15H,3,17H2,1-2H3,(H,29,30)/b21-14+. The number of aryl methyl sites for hydroxylation is 1. The molecule has 0 bridgehead atoms. The Balaban J connectivity index is 1.78. The first-order valence-electron chi connectivity index (χ1n) is 10.1. The van der Waals surface area contributed by atoms with Crippen molar-refractivity contribution in [1.82, 2.24) is 0 Å². The van der Waals surface area contributed by atoms with E-state index in [9.17, 15) is 14.4 Å². The van der Waals surface area contributed by atoms with Gasteiger partial charge in [0.2, 0.25) is 0 Å². The van der Waals surface area contributed by atoms with Gasteiger partial charge in [0, 0.05) is 11.3 Å². The number of ether oxygens (including phenoxy) is 2. The van der Waals surface area contributed by atoms with Crippen LogP contribution in [0.1, 0.15) is 23.6 Å². The molecule has 0 atom stereocenters. The number of carbonyl (C=O) groups excluding carboxylic acids is 1. The summed E-state index contributed by atoms with van der Waals surface area (Å²) in [7, 11) is 1.48. The van der Waals surface area contributed by atoms with Crippen molar-refractivity contribution in [2.45, 2.75) is 20.0 Å². The summed E-state index contributed by atoms with van der Waals surface area (Å²) in [5.74, 6) is -0.00978. The summed E-state index contributed by atoms with van der Waals surface area (Å²) in [6, 6.07) is 20.8. The number of nitriles is 1. The van der Waals surface area contributed by atoms with Gasteiger partial charge in [-0.05, 0) is 47.9 Å². The van der Waals surface area contributed by atoms with Crippen molar-refractivity contribution in [2.75, 3.05) is 12.4 Å². The molecule has 0 aliphatic carbocycles. The van der Waals surface area contributed by atoms with Crippen LogP contribution in [-0.2, 0) is 17.8 Å². The molecule has 32 heavy (non-hydrogen) atoms. The summed E-state index contributed by atoms with van der Waals surface area (Å²) < 4.78 is 24.9. The molecule has 0 heterocycles. The van der Waals surface area contributed by atoms with Crippen LogP contribution in [-0.4, -0.2) is 13.0 Å². The molecule has 3 aromatic carbocycles.